The average molecular weight is 509 g/mol. The molecule has 3 aromatic heterocycles. The summed E-state index contributed by atoms with van der Waals surface area (Å²) in [7, 11) is 0. The Bertz CT molecular complexity index is 1360. The molecule has 2 atom stereocenters. The van der Waals surface area contributed by atoms with Gasteiger partial charge in [0.1, 0.15) is 6.10 Å². The summed E-state index contributed by atoms with van der Waals surface area (Å²) in [6.07, 6.45) is -4.19. The Morgan fingerprint density at radius 2 is 1.74 bits per heavy atom. The number of hydrogen-bond acceptors (Lipinski definition) is 6. The van der Waals surface area contributed by atoms with Crippen molar-refractivity contribution < 1.29 is 23.4 Å². The van der Waals surface area contributed by atoms with E-state index in [1.165, 1.54) is 42.3 Å². The molecular weight excluding hydrogens is 489 g/mol. The second-order valence-electron chi connectivity index (χ2n) is 7.78. The van der Waals surface area contributed by atoms with Gasteiger partial charge in [-0.3, -0.25) is 14.1 Å². The maximum absolute atomic E-state index is 13.1. The number of imidazole rings is 1. The number of alkyl halides is 3. The van der Waals surface area contributed by atoms with E-state index in [9.17, 15) is 28.2 Å². The van der Waals surface area contributed by atoms with Crippen LogP contribution in [0.25, 0.3) is 16.9 Å². The first-order chi connectivity index (χ1) is 16.5. The van der Waals surface area contributed by atoms with Crippen LogP contribution in [0.15, 0.2) is 59.8 Å². The fraction of sp³-hybridized carbons (Fsp3) is 0.273. The van der Waals surface area contributed by atoms with Crippen LogP contribution in [0.5, 0.6) is 0 Å². The number of rotatable bonds is 7. The van der Waals surface area contributed by atoms with Gasteiger partial charge in [-0.1, -0.05) is 23.7 Å². The Hall–Kier alpha value is -3.48. The number of hydrogen-bond donors (Lipinski definition) is 2. The summed E-state index contributed by atoms with van der Waals surface area (Å²) < 4.78 is 42.5. The zero-order valence-electron chi connectivity index (χ0n) is 18.3. The smallest absolute Gasteiger partial charge is 0.385 e. The molecule has 0 bridgehead atoms. The minimum absolute atomic E-state index is 0.149. The van der Waals surface area contributed by atoms with Gasteiger partial charge in [0.15, 0.2) is 17.8 Å². The Morgan fingerprint density at radius 3 is 2.34 bits per heavy atom. The van der Waals surface area contributed by atoms with E-state index in [2.05, 4.69) is 15.1 Å². The van der Waals surface area contributed by atoms with Crippen LogP contribution in [0.1, 0.15) is 24.7 Å². The largest absolute Gasteiger partial charge is 0.416 e. The molecular formula is C22H20ClF3N6O3. The van der Waals surface area contributed by atoms with Crippen LogP contribution in [-0.4, -0.2) is 51.4 Å². The van der Waals surface area contributed by atoms with E-state index in [1.54, 1.807) is 24.3 Å². The molecule has 2 unspecified atom stereocenters. The minimum Gasteiger partial charge on any atom is -0.385 e. The van der Waals surface area contributed by atoms with Crippen molar-refractivity contribution in [1.29, 1.82) is 0 Å². The Morgan fingerprint density at radius 1 is 1.09 bits per heavy atom. The first-order valence-corrected chi connectivity index (χ1v) is 10.8. The Kier molecular flexibility index (Phi) is 6.79. The van der Waals surface area contributed by atoms with E-state index >= 15 is 0 Å². The summed E-state index contributed by atoms with van der Waals surface area (Å²) in [6.45, 7) is 0.322. The third-order valence-electron chi connectivity index (χ3n) is 5.19. The number of halogens is 4. The van der Waals surface area contributed by atoms with Crippen LogP contribution in [0.3, 0.4) is 0 Å². The normalized spacial score (nSPS) is 13.7. The summed E-state index contributed by atoms with van der Waals surface area (Å²) in [6, 6.07) is 9.50. The van der Waals surface area contributed by atoms with E-state index in [0.29, 0.717) is 16.3 Å². The summed E-state index contributed by atoms with van der Waals surface area (Å²) >= 11 is 5.91. The van der Waals surface area contributed by atoms with Crippen molar-refractivity contribution in [3.05, 3.63) is 82.1 Å². The summed E-state index contributed by atoms with van der Waals surface area (Å²) in [5.74, 6) is 0.361. The van der Waals surface area contributed by atoms with Crippen LogP contribution < -0.4 is 5.69 Å². The first-order valence-electron chi connectivity index (χ1n) is 10.4. The molecule has 4 rings (SSSR count). The van der Waals surface area contributed by atoms with E-state index < -0.39 is 30.6 Å². The van der Waals surface area contributed by atoms with Crippen LogP contribution >= 0.6 is 11.6 Å². The molecule has 0 fully saturated rings. The lowest BCUT2D eigenvalue weighted by Gasteiger charge is -2.16. The van der Waals surface area contributed by atoms with E-state index in [-0.39, 0.29) is 23.9 Å². The fourth-order valence-electron chi connectivity index (χ4n) is 3.48. The number of aliphatic hydroxyl groups excluding tert-OH is 2. The number of aromatic nitrogens is 6. The predicted molar refractivity (Wildman–Crippen MR) is 120 cm³/mol. The maximum Gasteiger partial charge on any atom is 0.416 e. The third kappa shape index (κ3) is 5.29. The molecule has 9 nitrogen and oxygen atoms in total. The highest BCUT2D eigenvalue weighted by Gasteiger charge is 2.39. The van der Waals surface area contributed by atoms with Gasteiger partial charge in [-0.25, -0.2) is 14.5 Å². The van der Waals surface area contributed by atoms with Gasteiger partial charge in [0, 0.05) is 23.6 Å². The third-order valence-corrected chi connectivity index (χ3v) is 5.44. The second kappa shape index (κ2) is 9.64. The molecule has 0 aliphatic heterocycles. The summed E-state index contributed by atoms with van der Waals surface area (Å²) in [5, 5.41) is 24.5. The maximum atomic E-state index is 13.1. The molecule has 3 heterocycles. The van der Waals surface area contributed by atoms with Gasteiger partial charge in [-0.15, -0.1) is 5.10 Å². The summed E-state index contributed by atoms with van der Waals surface area (Å²) in [5.41, 5.74) is 0.366. The molecule has 4 aromatic rings. The van der Waals surface area contributed by atoms with Crippen molar-refractivity contribution in [1.82, 2.24) is 28.9 Å². The molecule has 0 radical (unpaired) electrons. The van der Waals surface area contributed by atoms with Crippen molar-refractivity contribution in [3.8, 4) is 16.9 Å². The monoisotopic (exact) mass is 508 g/mol. The molecule has 0 saturated carbocycles. The molecule has 0 aliphatic rings. The van der Waals surface area contributed by atoms with Crippen molar-refractivity contribution in [2.75, 3.05) is 0 Å². The Balaban J connectivity index is 1.76. The van der Waals surface area contributed by atoms with Gasteiger partial charge in [-0.05, 0) is 36.8 Å². The van der Waals surface area contributed by atoms with Gasteiger partial charge in [0.05, 0.1) is 24.5 Å². The quantitative estimate of drug-likeness (QED) is 0.397. The minimum atomic E-state index is -4.91. The lowest BCUT2D eigenvalue weighted by atomic mass is 10.1. The highest BCUT2D eigenvalue weighted by atomic mass is 35.5. The van der Waals surface area contributed by atoms with Crippen molar-refractivity contribution >= 4 is 11.6 Å². The van der Waals surface area contributed by atoms with E-state index in [4.69, 9.17) is 11.6 Å². The molecule has 0 spiro atoms. The van der Waals surface area contributed by atoms with Gasteiger partial charge in [0.2, 0.25) is 0 Å². The fourth-order valence-corrected chi connectivity index (χ4v) is 3.61. The van der Waals surface area contributed by atoms with Gasteiger partial charge < -0.3 is 10.2 Å². The van der Waals surface area contributed by atoms with Crippen molar-refractivity contribution in [3.63, 3.8) is 0 Å². The zero-order valence-corrected chi connectivity index (χ0v) is 19.0. The molecule has 0 aliphatic carbocycles. The standard InChI is InChI=1S/C22H20ClF3N6O3/c1-13(33)20-28-19(29-32(20)16-6-8-27-9-7-16)12-30-10-17(14-2-4-15(23)5-3-14)31(21(30)35)11-18(34)22(24,25)26/h2-10,13,18,33-34H,11-12H2,1H3. The zero-order chi connectivity index (χ0) is 25.3. The average Bonchev–Trinajstić information content (AvgIpc) is 3.37. The number of benzene rings is 1. The van der Waals surface area contributed by atoms with Gasteiger partial charge in [-0.2, -0.15) is 13.2 Å². The van der Waals surface area contributed by atoms with Crippen LogP contribution in [0, 0.1) is 0 Å². The van der Waals surface area contributed by atoms with Crippen molar-refractivity contribution in [2.24, 2.45) is 0 Å². The van der Waals surface area contributed by atoms with Gasteiger partial charge >= 0.3 is 11.9 Å². The first kappa shape index (κ1) is 24.6. The molecule has 0 saturated heterocycles. The van der Waals surface area contributed by atoms with Crippen LogP contribution in [0.4, 0.5) is 13.2 Å². The number of nitrogens with zero attached hydrogens (tertiary/aromatic N) is 6. The molecule has 1 aromatic carbocycles. The topological polar surface area (TPSA) is 111 Å². The molecule has 0 amide bonds. The van der Waals surface area contributed by atoms with Crippen molar-refractivity contribution in [2.45, 2.75) is 38.4 Å². The predicted octanol–water partition coefficient (Wildman–Crippen LogP) is 2.97. The van der Waals surface area contributed by atoms with Gasteiger partial charge in [0.25, 0.3) is 0 Å². The lowest BCUT2D eigenvalue weighted by Crippen LogP contribution is -2.37. The van der Waals surface area contributed by atoms with Crippen LogP contribution in [0.2, 0.25) is 5.02 Å². The number of aliphatic hydroxyl groups is 2. The number of pyridine rings is 1. The molecule has 2 N–H and O–H groups in total. The highest BCUT2D eigenvalue weighted by Crippen LogP contribution is 2.25. The van der Waals surface area contributed by atoms with Crippen LogP contribution in [-0.2, 0) is 13.1 Å². The second-order valence-corrected chi connectivity index (χ2v) is 8.22. The lowest BCUT2D eigenvalue weighted by molar-refractivity contribution is -0.207. The molecule has 35 heavy (non-hydrogen) atoms. The summed E-state index contributed by atoms with van der Waals surface area (Å²) in [4.78, 5) is 21.3. The van der Waals surface area contributed by atoms with E-state index in [1.807, 2.05) is 0 Å². The van der Waals surface area contributed by atoms with E-state index in [0.717, 1.165) is 9.13 Å². The highest BCUT2D eigenvalue weighted by molar-refractivity contribution is 6.30. The molecule has 184 valence electrons. The SMILES string of the molecule is CC(O)c1nc(Cn2cc(-c3ccc(Cl)cc3)n(CC(O)C(F)(F)F)c2=O)nn1-c1ccncc1. The molecule has 13 heteroatoms. The Labute approximate surface area is 201 Å².